The highest BCUT2D eigenvalue weighted by atomic mass is 16.6. The Balaban J connectivity index is 1.87. The molecule has 2 N–H and O–H groups in total. The highest BCUT2D eigenvalue weighted by molar-refractivity contribution is 5.78. The zero-order valence-electron chi connectivity index (χ0n) is 16.4. The molecule has 144 valence electrons. The van der Waals surface area contributed by atoms with E-state index in [1.54, 1.807) is 12.0 Å². The fraction of sp³-hybridized carbons (Fsp3) is 0.579. The lowest BCUT2D eigenvalue weighted by atomic mass is 10.1. The van der Waals surface area contributed by atoms with Crippen molar-refractivity contribution in [1.29, 1.82) is 0 Å². The minimum atomic E-state index is -0.481. The molecule has 0 unspecified atom stereocenters. The first-order valence-electron chi connectivity index (χ1n) is 8.86. The third kappa shape index (κ3) is 5.54. The van der Waals surface area contributed by atoms with Crippen molar-refractivity contribution in [2.75, 3.05) is 33.3 Å². The second-order valence-electron chi connectivity index (χ2n) is 7.43. The van der Waals surface area contributed by atoms with Gasteiger partial charge in [-0.15, -0.1) is 0 Å². The van der Waals surface area contributed by atoms with Gasteiger partial charge in [-0.05, 0) is 44.9 Å². The van der Waals surface area contributed by atoms with E-state index in [-0.39, 0.29) is 6.09 Å². The van der Waals surface area contributed by atoms with E-state index in [0.717, 1.165) is 16.9 Å². The summed E-state index contributed by atoms with van der Waals surface area (Å²) >= 11 is 0. The lowest BCUT2D eigenvalue weighted by Gasteiger charge is -2.36. The molecule has 26 heavy (non-hydrogen) atoms. The summed E-state index contributed by atoms with van der Waals surface area (Å²) in [6, 6.07) is 5.98. The van der Waals surface area contributed by atoms with E-state index in [2.05, 4.69) is 11.1 Å². The van der Waals surface area contributed by atoms with Gasteiger partial charge in [0.15, 0.2) is 5.96 Å². The molecule has 0 spiro atoms. The van der Waals surface area contributed by atoms with Crippen LogP contribution >= 0.6 is 0 Å². The largest absolute Gasteiger partial charge is 0.496 e. The average Bonchev–Trinajstić information content (AvgIpc) is 2.58. The molecule has 0 radical (unpaired) electrons. The smallest absolute Gasteiger partial charge is 0.410 e. The van der Waals surface area contributed by atoms with Gasteiger partial charge in [0.1, 0.15) is 11.4 Å². The van der Waals surface area contributed by atoms with Gasteiger partial charge in [-0.1, -0.05) is 12.1 Å². The van der Waals surface area contributed by atoms with Gasteiger partial charge in [-0.3, -0.25) is 0 Å². The summed E-state index contributed by atoms with van der Waals surface area (Å²) in [4.78, 5) is 20.3. The normalized spacial score (nSPS) is 15.8. The molecule has 7 nitrogen and oxygen atoms in total. The molecule has 1 aromatic carbocycles. The van der Waals surface area contributed by atoms with Crippen LogP contribution in [0.15, 0.2) is 23.2 Å². The summed E-state index contributed by atoms with van der Waals surface area (Å²) in [6.45, 7) is 10.6. The molecular weight excluding hydrogens is 332 g/mol. The number of nitrogens with zero attached hydrogens (tertiary/aromatic N) is 3. The topological polar surface area (TPSA) is 80.4 Å². The Bertz CT molecular complexity index is 659. The molecule has 1 amide bonds. The lowest BCUT2D eigenvalue weighted by molar-refractivity contribution is 0.0186. The third-order valence-electron chi connectivity index (χ3n) is 4.14. The monoisotopic (exact) mass is 362 g/mol. The Morgan fingerprint density at radius 1 is 1.19 bits per heavy atom. The molecule has 0 saturated carbocycles. The van der Waals surface area contributed by atoms with Crippen LogP contribution in [-0.2, 0) is 11.3 Å². The predicted octanol–water partition coefficient (Wildman–Crippen LogP) is 2.37. The number of methoxy groups -OCH3 is 1. The number of guanidine groups is 1. The van der Waals surface area contributed by atoms with Gasteiger partial charge in [-0.2, -0.15) is 0 Å². The Hall–Kier alpha value is -2.44. The summed E-state index contributed by atoms with van der Waals surface area (Å²) < 4.78 is 10.7. The van der Waals surface area contributed by atoms with Crippen LogP contribution in [0.4, 0.5) is 4.79 Å². The number of rotatable bonds is 3. The molecule has 1 fully saturated rings. The molecule has 0 aromatic heterocycles. The molecule has 2 rings (SSSR count). The highest BCUT2D eigenvalue weighted by Gasteiger charge is 2.26. The number of carbonyl (C=O) groups excluding carboxylic acids is 1. The maximum Gasteiger partial charge on any atom is 0.410 e. The first kappa shape index (κ1) is 19.9. The molecule has 1 heterocycles. The number of hydrogen-bond acceptors (Lipinski definition) is 4. The van der Waals surface area contributed by atoms with Crippen molar-refractivity contribution in [1.82, 2.24) is 9.80 Å². The first-order valence-corrected chi connectivity index (χ1v) is 8.86. The van der Waals surface area contributed by atoms with E-state index in [9.17, 15) is 4.79 Å². The molecule has 7 heteroatoms. The summed E-state index contributed by atoms with van der Waals surface area (Å²) in [6.07, 6.45) is -0.277. The summed E-state index contributed by atoms with van der Waals surface area (Å²) in [5.74, 6) is 1.37. The summed E-state index contributed by atoms with van der Waals surface area (Å²) in [7, 11) is 1.66. The molecule has 0 bridgehead atoms. The standard InChI is InChI=1S/C19H30N4O3/c1-14-12-15(6-7-16(14)25-5)13-21-17(20)22-8-10-23(11-9-22)18(24)26-19(2,3)4/h6-7,12H,8-11,13H2,1-5H3,(H2,20,21). The van der Waals surface area contributed by atoms with E-state index in [1.165, 1.54) is 0 Å². The number of ether oxygens (including phenoxy) is 2. The van der Waals surface area contributed by atoms with E-state index < -0.39 is 5.60 Å². The van der Waals surface area contributed by atoms with Crippen molar-refractivity contribution in [2.24, 2.45) is 10.7 Å². The van der Waals surface area contributed by atoms with Crippen LogP contribution in [0.1, 0.15) is 31.9 Å². The van der Waals surface area contributed by atoms with E-state index in [4.69, 9.17) is 15.2 Å². The van der Waals surface area contributed by atoms with Crippen molar-refractivity contribution in [2.45, 2.75) is 39.8 Å². The van der Waals surface area contributed by atoms with Gasteiger partial charge >= 0.3 is 6.09 Å². The van der Waals surface area contributed by atoms with Crippen molar-refractivity contribution < 1.29 is 14.3 Å². The molecule has 1 aromatic rings. The van der Waals surface area contributed by atoms with Crippen LogP contribution in [-0.4, -0.2) is 60.7 Å². The second kappa shape index (κ2) is 8.29. The Morgan fingerprint density at radius 2 is 1.81 bits per heavy atom. The van der Waals surface area contributed by atoms with Gasteiger partial charge in [0.05, 0.1) is 13.7 Å². The fourth-order valence-corrected chi connectivity index (χ4v) is 2.76. The third-order valence-corrected chi connectivity index (χ3v) is 4.14. The maximum absolute atomic E-state index is 12.1. The fourth-order valence-electron chi connectivity index (χ4n) is 2.76. The zero-order chi connectivity index (χ0) is 19.3. The number of hydrogen-bond donors (Lipinski definition) is 1. The van der Waals surface area contributed by atoms with Crippen LogP contribution in [0.2, 0.25) is 0 Å². The van der Waals surface area contributed by atoms with Gasteiger partial charge in [0.25, 0.3) is 0 Å². The number of aryl methyl sites for hydroxylation is 1. The van der Waals surface area contributed by atoms with Gasteiger partial charge < -0.3 is 25.0 Å². The minimum absolute atomic E-state index is 0.277. The molecule has 1 saturated heterocycles. The van der Waals surface area contributed by atoms with Crippen LogP contribution < -0.4 is 10.5 Å². The zero-order valence-corrected chi connectivity index (χ0v) is 16.4. The van der Waals surface area contributed by atoms with Crippen LogP contribution in [0.5, 0.6) is 5.75 Å². The molecule has 1 aliphatic rings. The van der Waals surface area contributed by atoms with E-state index >= 15 is 0 Å². The van der Waals surface area contributed by atoms with Crippen molar-refractivity contribution >= 4 is 12.1 Å². The molecule has 0 atom stereocenters. The highest BCUT2D eigenvalue weighted by Crippen LogP contribution is 2.19. The van der Waals surface area contributed by atoms with Crippen molar-refractivity contribution in [3.63, 3.8) is 0 Å². The molecular formula is C19H30N4O3. The number of carbonyl (C=O) groups is 1. The van der Waals surface area contributed by atoms with E-state index in [1.807, 2.05) is 44.7 Å². The van der Waals surface area contributed by atoms with Crippen LogP contribution in [0, 0.1) is 6.92 Å². The van der Waals surface area contributed by atoms with Gasteiger partial charge in [0.2, 0.25) is 0 Å². The van der Waals surface area contributed by atoms with Crippen molar-refractivity contribution in [3.05, 3.63) is 29.3 Å². The quantitative estimate of drug-likeness (QED) is 0.659. The van der Waals surface area contributed by atoms with Gasteiger partial charge in [0, 0.05) is 26.2 Å². The minimum Gasteiger partial charge on any atom is -0.496 e. The predicted molar refractivity (Wildman–Crippen MR) is 102 cm³/mol. The maximum atomic E-state index is 12.1. The molecule has 0 aliphatic carbocycles. The summed E-state index contributed by atoms with van der Waals surface area (Å²) in [5, 5.41) is 0. The number of benzene rings is 1. The number of amides is 1. The number of piperazine rings is 1. The SMILES string of the molecule is COc1ccc(CN=C(N)N2CCN(C(=O)OC(C)(C)C)CC2)cc1C. The first-order chi connectivity index (χ1) is 12.2. The Labute approximate surface area is 155 Å². The number of nitrogens with two attached hydrogens (primary N) is 1. The average molecular weight is 362 g/mol. The lowest BCUT2D eigenvalue weighted by Crippen LogP contribution is -2.53. The summed E-state index contributed by atoms with van der Waals surface area (Å²) in [5.41, 5.74) is 7.81. The second-order valence-corrected chi connectivity index (χ2v) is 7.43. The Kier molecular flexibility index (Phi) is 6.34. The molecule has 1 aliphatic heterocycles. The van der Waals surface area contributed by atoms with Gasteiger partial charge in [-0.25, -0.2) is 9.79 Å². The van der Waals surface area contributed by atoms with E-state index in [0.29, 0.717) is 38.7 Å². The van der Waals surface area contributed by atoms with Crippen LogP contribution in [0.3, 0.4) is 0 Å². The number of aliphatic imine (C=N–C) groups is 1. The van der Waals surface area contributed by atoms with Crippen LogP contribution in [0.25, 0.3) is 0 Å². The Morgan fingerprint density at radius 3 is 2.35 bits per heavy atom. The van der Waals surface area contributed by atoms with Crippen molar-refractivity contribution in [3.8, 4) is 5.75 Å².